The van der Waals surface area contributed by atoms with Crippen LogP contribution in [-0.2, 0) is 0 Å². The molecule has 1 heterocycles. The van der Waals surface area contributed by atoms with Crippen molar-refractivity contribution in [1.29, 1.82) is 0 Å². The third-order valence-corrected chi connectivity index (χ3v) is 4.61. The van der Waals surface area contributed by atoms with Crippen molar-refractivity contribution in [3.8, 4) is 11.5 Å². The Bertz CT molecular complexity index is 1170. The van der Waals surface area contributed by atoms with Gasteiger partial charge in [0, 0.05) is 0 Å². The number of para-hydroxylation sites is 1. The minimum Gasteiger partial charge on any atom is -0.490 e. The molecule has 0 unspecified atom stereocenters. The monoisotopic (exact) mass is 415 g/mol. The van der Waals surface area contributed by atoms with E-state index < -0.39 is 11.2 Å². The summed E-state index contributed by atoms with van der Waals surface area (Å²) in [7, 11) is 0. The number of fused-ring (bicyclic) bond motifs is 1. The van der Waals surface area contributed by atoms with Gasteiger partial charge in [-0.1, -0.05) is 30.7 Å². The Morgan fingerprint density at radius 1 is 1.24 bits per heavy atom. The van der Waals surface area contributed by atoms with Gasteiger partial charge in [0.2, 0.25) is 0 Å². The standard InChI is InChI=1S/C21H22ClN3O4/c1-4-13(3)29-19-16(22)10-14(11-18(19)28-5-2)12-23-25-20(26)15-8-6-7-9-17(15)24-21(25)27/h6-13H,4-5H2,1-3H3,(H,24,27)/t13-/m1/s1. The molecule has 8 heteroatoms. The Labute approximate surface area is 172 Å². The van der Waals surface area contributed by atoms with Gasteiger partial charge in [-0.15, -0.1) is 4.68 Å². The molecule has 0 amide bonds. The highest BCUT2D eigenvalue weighted by atomic mass is 35.5. The van der Waals surface area contributed by atoms with Gasteiger partial charge in [-0.25, -0.2) is 4.79 Å². The van der Waals surface area contributed by atoms with Crippen molar-refractivity contribution in [2.75, 3.05) is 6.61 Å². The van der Waals surface area contributed by atoms with E-state index in [0.29, 0.717) is 39.6 Å². The fourth-order valence-electron chi connectivity index (χ4n) is 2.71. The van der Waals surface area contributed by atoms with E-state index in [2.05, 4.69) is 10.1 Å². The van der Waals surface area contributed by atoms with Gasteiger partial charge in [0.25, 0.3) is 5.56 Å². The summed E-state index contributed by atoms with van der Waals surface area (Å²) in [4.78, 5) is 27.5. The Hall–Kier alpha value is -3.06. The Balaban J connectivity index is 2.02. The van der Waals surface area contributed by atoms with E-state index in [1.807, 2.05) is 20.8 Å². The van der Waals surface area contributed by atoms with Crippen molar-refractivity contribution in [2.45, 2.75) is 33.3 Å². The zero-order valence-electron chi connectivity index (χ0n) is 16.4. The number of H-pyrrole nitrogens is 1. The topological polar surface area (TPSA) is 85.7 Å². The van der Waals surface area contributed by atoms with Gasteiger partial charge in [0.1, 0.15) is 0 Å². The number of ether oxygens (including phenoxy) is 2. The third-order valence-electron chi connectivity index (χ3n) is 4.33. The van der Waals surface area contributed by atoms with E-state index in [9.17, 15) is 9.59 Å². The zero-order chi connectivity index (χ0) is 21.0. The summed E-state index contributed by atoms with van der Waals surface area (Å²) in [6.45, 7) is 6.24. The Morgan fingerprint density at radius 3 is 2.72 bits per heavy atom. The Morgan fingerprint density at radius 2 is 2.00 bits per heavy atom. The summed E-state index contributed by atoms with van der Waals surface area (Å²) in [5.41, 5.74) is -0.108. The zero-order valence-corrected chi connectivity index (χ0v) is 17.2. The number of benzene rings is 2. The third kappa shape index (κ3) is 4.51. The lowest BCUT2D eigenvalue weighted by atomic mass is 10.2. The van der Waals surface area contributed by atoms with Crippen LogP contribution in [0.4, 0.5) is 0 Å². The predicted molar refractivity (Wildman–Crippen MR) is 115 cm³/mol. The molecule has 0 saturated heterocycles. The van der Waals surface area contributed by atoms with Crippen LogP contribution in [0.5, 0.6) is 11.5 Å². The summed E-state index contributed by atoms with van der Waals surface area (Å²) in [5.74, 6) is 0.933. The molecule has 2 aromatic carbocycles. The van der Waals surface area contributed by atoms with Crippen molar-refractivity contribution in [3.63, 3.8) is 0 Å². The fraction of sp³-hybridized carbons (Fsp3) is 0.286. The van der Waals surface area contributed by atoms with E-state index >= 15 is 0 Å². The second-order valence-electron chi connectivity index (χ2n) is 6.44. The van der Waals surface area contributed by atoms with E-state index in [-0.39, 0.29) is 6.10 Å². The molecule has 0 aliphatic heterocycles. The normalized spacial score (nSPS) is 12.4. The van der Waals surface area contributed by atoms with Crippen LogP contribution in [0.15, 0.2) is 51.1 Å². The molecule has 1 aromatic heterocycles. The SMILES string of the molecule is CCOc1cc(C=Nn2c(=O)[nH]c3ccccc3c2=O)cc(Cl)c1O[C@H](C)CC. The van der Waals surface area contributed by atoms with E-state index in [0.717, 1.165) is 11.1 Å². The molecular weight excluding hydrogens is 394 g/mol. The van der Waals surface area contributed by atoms with E-state index in [1.54, 1.807) is 36.4 Å². The lowest BCUT2D eigenvalue weighted by Crippen LogP contribution is -2.32. The fourth-order valence-corrected chi connectivity index (χ4v) is 2.97. The maximum absolute atomic E-state index is 12.6. The van der Waals surface area contributed by atoms with Gasteiger partial charge < -0.3 is 14.5 Å². The Kier molecular flexibility index (Phi) is 6.39. The minimum absolute atomic E-state index is 0.0269. The molecule has 1 N–H and O–H groups in total. The molecule has 29 heavy (non-hydrogen) atoms. The van der Waals surface area contributed by atoms with Gasteiger partial charge in [-0.2, -0.15) is 5.10 Å². The molecule has 1 atom stereocenters. The summed E-state index contributed by atoms with van der Waals surface area (Å²) >= 11 is 6.39. The van der Waals surface area contributed by atoms with E-state index in [1.165, 1.54) is 6.21 Å². The molecule has 0 bridgehead atoms. The maximum Gasteiger partial charge on any atom is 0.349 e. The number of aromatic amines is 1. The highest BCUT2D eigenvalue weighted by Crippen LogP contribution is 2.37. The van der Waals surface area contributed by atoms with Crippen molar-refractivity contribution < 1.29 is 9.47 Å². The van der Waals surface area contributed by atoms with Crippen LogP contribution < -0.4 is 20.7 Å². The quantitative estimate of drug-likeness (QED) is 0.594. The summed E-state index contributed by atoms with van der Waals surface area (Å²) in [5, 5.41) is 4.78. The highest BCUT2D eigenvalue weighted by Gasteiger charge is 2.15. The number of rotatable bonds is 7. The van der Waals surface area contributed by atoms with Crippen LogP contribution >= 0.6 is 11.6 Å². The van der Waals surface area contributed by atoms with Crippen LogP contribution in [0.1, 0.15) is 32.8 Å². The second kappa shape index (κ2) is 8.96. The summed E-state index contributed by atoms with van der Waals surface area (Å²) in [6, 6.07) is 10.1. The van der Waals surface area contributed by atoms with Crippen molar-refractivity contribution in [1.82, 2.24) is 9.66 Å². The molecule has 3 rings (SSSR count). The van der Waals surface area contributed by atoms with Crippen LogP contribution in [0, 0.1) is 0 Å². The number of halogens is 1. The van der Waals surface area contributed by atoms with Gasteiger partial charge in [0.05, 0.1) is 34.9 Å². The van der Waals surface area contributed by atoms with Crippen LogP contribution in [-0.4, -0.2) is 28.6 Å². The molecule has 7 nitrogen and oxygen atoms in total. The number of nitrogens with zero attached hydrogens (tertiary/aromatic N) is 2. The molecule has 0 saturated carbocycles. The van der Waals surface area contributed by atoms with Gasteiger partial charge in [0.15, 0.2) is 11.5 Å². The number of aromatic nitrogens is 2. The first kappa shape index (κ1) is 20.7. The number of hydrogen-bond donors (Lipinski definition) is 1. The predicted octanol–water partition coefficient (Wildman–Crippen LogP) is 3.80. The van der Waals surface area contributed by atoms with Gasteiger partial charge in [-0.3, -0.25) is 4.79 Å². The average molecular weight is 416 g/mol. The smallest absolute Gasteiger partial charge is 0.349 e. The van der Waals surface area contributed by atoms with Gasteiger partial charge >= 0.3 is 5.69 Å². The van der Waals surface area contributed by atoms with Crippen LogP contribution in [0.2, 0.25) is 5.02 Å². The molecular formula is C21H22ClN3O4. The van der Waals surface area contributed by atoms with E-state index in [4.69, 9.17) is 21.1 Å². The largest absolute Gasteiger partial charge is 0.490 e. The highest BCUT2D eigenvalue weighted by molar-refractivity contribution is 6.32. The maximum atomic E-state index is 12.6. The van der Waals surface area contributed by atoms with Crippen molar-refractivity contribution in [2.24, 2.45) is 5.10 Å². The molecule has 0 fully saturated rings. The lowest BCUT2D eigenvalue weighted by molar-refractivity contribution is 0.203. The van der Waals surface area contributed by atoms with Crippen LogP contribution in [0.3, 0.4) is 0 Å². The van der Waals surface area contributed by atoms with Gasteiger partial charge in [-0.05, 0) is 50.1 Å². The van der Waals surface area contributed by atoms with Crippen molar-refractivity contribution >= 4 is 28.7 Å². The first-order valence-corrected chi connectivity index (χ1v) is 9.73. The molecule has 152 valence electrons. The first-order valence-electron chi connectivity index (χ1n) is 9.36. The molecule has 0 aliphatic carbocycles. The van der Waals surface area contributed by atoms with Crippen molar-refractivity contribution in [3.05, 3.63) is 67.8 Å². The minimum atomic E-state index is -0.627. The summed E-state index contributed by atoms with van der Waals surface area (Å²) in [6.07, 6.45) is 2.17. The molecule has 3 aromatic rings. The first-order chi connectivity index (χ1) is 13.9. The van der Waals surface area contributed by atoms with Crippen LogP contribution in [0.25, 0.3) is 10.9 Å². The number of hydrogen-bond acceptors (Lipinski definition) is 5. The average Bonchev–Trinajstić information content (AvgIpc) is 2.70. The number of nitrogens with one attached hydrogen (secondary N) is 1. The summed E-state index contributed by atoms with van der Waals surface area (Å²) < 4.78 is 12.3. The molecule has 0 radical (unpaired) electrons. The second-order valence-corrected chi connectivity index (χ2v) is 6.84. The molecule has 0 spiro atoms. The molecule has 0 aliphatic rings. The lowest BCUT2D eigenvalue weighted by Gasteiger charge is -2.18.